The molecule has 13 nitrogen and oxygen atoms in total. The first-order valence-electron chi connectivity index (χ1n) is 16.9. The smallest absolute Gasteiger partial charge is 0.337 e. The van der Waals surface area contributed by atoms with Gasteiger partial charge in [0, 0.05) is 56.5 Å². The maximum Gasteiger partial charge on any atom is 0.337 e. The van der Waals surface area contributed by atoms with E-state index in [4.69, 9.17) is 9.47 Å². The normalized spacial score (nSPS) is 11.8. The van der Waals surface area contributed by atoms with Gasteiger partial charge in [0.1, 0.15) is 28.8 Å². The van der Waals surface area contributed by atoms with Crippen LogP contribution in [0.15, 0.2) is 76.3 Å². The molecule has 0 bridgehead atoms. The molecule has 54 heavy (non-hydrogen) atoms. The number of benzene rings is 3. The van der Waals surface area contributed by atoms with Crippen LogP contribution in [0.2, 0.25) is 0 Å². The average molecular weight is 785 g/mol. The second-order valence-electron chi connectivity index (χ2n) is 12.5. The average Bonchev–Trinajstić information content (AvgIpc) is 3.49. The number of methoxy groups -OCH3 is 1. The van der Waals surface area contributed by atoms with Gasteiger partial charge in [0.25, 0.3) is 5.56 Å². The summed E-state index contributed by atoms with van der Waals surface area (Å²) in [6, 6.07) is 16.2. The quantitative estimate of drug-likeness (QED) is 0.137. The van der Waals surface area contributed by atoms with E-state index < -0.39 is 39.5 Å². The summed E-state index contributed by atoms with van der Waals surface area (Å²) < 4.78 is 68.6. The molecule has 2 aromatic heterocycles. The highest BCUT2D eigenvalue weighted by Gasteiger charge is 2.26. The topological polar surface area (TPSA) is 144 Å². The lowest BCUT2D eigenvalue weighted by molar-refractivity contribution is 0.146. The number of hydrogen-bond donors (Lipinski definition) is 2. The van der Waals surface area contributed by atoms with Crippen LogP contribution in [0.25, 0.3) is 26.3 Å². The van der Waals surface area contributed by atoms with Gasteiger partial charge in [0.2, 0.25) is 10.0 Å². The van der Waals surface area contributed by atoms with Crippen LogP contribution < -0.4 is 26.6 Å². The molecular weight excluding hydrogens is 743 g/mol. The van der Waals surface area contributed by atoms with Gasteiger partial charge in [0.05, 0.1) is 30.5 Å². The van der Waals surface area contributed by atoms with Crippen molar-refractivity contribution >= 4 is 43.3 Å². The Bertz CT molecular complexity index is 2320. The zero-order chi connectivity index (χ0) is 39.2. The first-order valence-corrected chi connectivity index (χ1v) is 19.6. The molecule has 0 aliphatic rings. The van der Waals surface area contributed by atoms with Crippen molar-refractivity contribution in [2.24, 2.45) is 0 Å². The number of ether oxygens (including phenoxy) is 2. The lowest BCUT2D eigenvalue weighted by atomic mass is 10.1. The molecule has 0 fully saturated rings. The number of nitrogens with one attached hydrogen (secondary N) is 2. The molecule has 0 spiro atoms. The number of urea groups is 1. The highest BCUT2D eigenvalue weighted by molar-refractivity contribution is 7.88. The van der Waals surface area contributed by atoms with Crippen molar-refractivity contribution in [2.75, 3.05) is 65.6 Å². The van der Waals surface area contributed by atoms with Crippen molar-refractivity contribution in [1.29, 1.82) is 0 Å². The molecule has 3 aromatic carbocycles. The molecule has 2 heterocycles. The van der Waals surface area contributed by atoms with E-state index >= 15 is 8.78 Å². The molecule has 0 radical (unpaired) electrons. The summed E-state index contributed by atoms with van der Waals surface area (Å²) in [5.74, 6) is -1.23. The molecule has 0 aliphatic carbocycles. The van der Waals surface area contributed by atoms with Gasteiger partial charge in [-0.15, -0.1) is 11.3 Å². The van der Waals surface area contributed by atoms with Crippen molar-refractivity contribution in [3.05, 3.63) is 110 Å². The highest BCUT2D eigenvalue weighted by Crippen LogP contribution is 2.38. The minimum Gasteiger partial charge on any atom is -0.491 e. The Morgan fingerprint density at radius 2 is 1.59 bits per heavy atom. The maximum atomic E-state index is 15.1. The molecular formula is C37H42F2N6O7S2. The van der Waals surface area contributed by atoms with E-state index in [-0.39, 0.29) is 53.7 Å². The number of fused-ring (bicyclic) bond motifs is 1. The van der Waals surface area contributed by atoms with Gasteiger partial charge in [0.15, 0.2) is 0 Å². The third kappa shape index (κ3) is 9.22. The summed E-state index contributed by atoms with van der Waals surface area (Å²) in [5, 5.41) is 5.57. The number of nitrogens with zero attached hydrogens (tertiary/aromatic N) is 4. The van der Waals surface area contributed by atoms with Gasteiger partial charge >= 0.3 is 11.7 Å². The Morgan fingerprint density at radius 3 is 2.20 bits per heavy atom. The minimum atomic E-state index is -3.46. The van der Waals surface area contributed by atoms with Crippen molar-refractivity contribution < 1.29 is 31.5 Å². The van der Waals surface area contributed by atoms with E-state index in [1.807, 2.05) is 4.90 Å². The van der Waals surface area contributed by atoms with Gasteiger partial charge in [-0.2, -0.15) is 0 Å². The Balaban J connectivity index is 1.73. The summed E-state index contributed by atoms with van der Waals surface area (Å²) in [6.07, 6.45) is 1.11. The zero-order valence-corrected chi connectivity index (χ0v) is 32.2. The van der Waals surface area contributed by atoms with E-state index in [1.54, 1.807) is 69.6 Å². The Hall–Kier alpha value is -4.94. The van der Waals surface area contributed by atoms with Gasteiger partial charge in [-0.3, -0.25) is 9.36 Å². The van der Waals surface area contributed by atoms with E-state index in [0.717, 1.165) is 34.3 Å². The van der Waals surface area contributed by atoms with Crippen LogP contribution in [-0.4, -0.2) is 93.1 Å². The van der Waals surface area contributed by atoms with E-state index in [9.17, 15) is 22.8 Å². The van der Waals surface area contributed by atoms with Gasteiger partial charge in [-0.1, -0.05) is 18.2 Å². The Labute approximate surface area is 315 Å². The highest BCUT2D eigenvalue weighted by atomic mass is 32.2. The number of thiophene rings is 1. The lowest BCUT2D eigenvalue weighted by Gasteiger charge is -2.21. The van der Waals surface area contributed by atoms with Crippen LogP contribution in [0.5, 0.6) is 5.75 Å². The number of carbonyl (C=O) groups is 1. The van der Waals surface area contributed by atoms with Gasteiger partial charge < -0.3 is 25.0 Å². The molecule has 5 rings (SSSR count). The summed E-state index contributed by atoms with van der Waals surface area (Å²) in [6.45, 7) is 2.93. The summed E-state index contributed by atoms with van der Waals surface area (Å²) in [4.78, 5) is 43.9. The number of sulfonamides is 1. The van der Waals surface area contributed by atoms with E-state index in [1.165, 1.54) is 22.0 Å². The summed E-state index contributed by atoms with van der Waals surface area (Å²) in [5.41, 5.74) is 0.0628. The molecule has 17 heteroatoms. The van der Waals surface area contributed by atoms with Crippen molar-refractivity contribution in [1.82, 2.24) is 23.7 Å². The number of carbonyl (C=O) groups excluding carboxylic acids is 1. The van der Waals surface area contributed by atoms with Crippen molar-refractivity contribution in [3.8, 4) is 21.9 Å². The van der Waals surface area contributed by atoms with E-state index in [0.29, 0.717) is 40.6 Å². The molecule has 0 atom stereocenters. The minimum absolute atomic E-state index is 0.139. The van der Waals surface area contributed by atoms with Crippen LogP contribution in [-0.2, 0) is 27.8 Å². The predicted molar refractivity (Wildman–Crippen MR) is 206 cm³/mol. The summed E-state index contributed by atoms with van der Waals surface area (Å²) in [7, 11) is 1.33. The number of likely N-dealkylation sites (N-methyl/N-ethyl adjacent to an activating group) is 2. The fourth-order valence-corrected chi connectivity index (χ4v) is 7.38. The van der Waals surface area contributed by atoms with Crippen LogP contribution >= 0.6 is 11.3 Å². The largest absolute Gasteiger partial charge is 0.491 e. The molecule has 0 saturated heterocycles. The molecule has 0 saturated carbocycles. The Morgan fingerprint density at radius 1 is 0.926 bits per heavy atom. The third-order valence-electron chi connectivity index (χ3n) is 8.63. The maximum absolute atomic E-state index is 15.1. The number of hydrogen-bond acceptors (Lipinski definition) is 9. The monoisotopic (exact) mass is 784 g/mol. The van der Waals surface area contributed by atoms with Crippen LogP contribution in [0.3, 0.4) is 0 Å². The number of aromatic nitrogens is 2. The number of anilines is 1. The van der Waals surface area contributed by atoms with Gasteiger partial charge in [-0.25, -0.2) is 35.7 Å². The van der Waals surface area contributed by atoms with E-state index in [2.05, 4.69) is 10.6 Å². The number of amides is 2. The fourth-order valence-electron chi connectivity index (χ4n) is 5.66. The Kier molecular flexibility index (Phi) is 13.0. The van der Waals surface area contributed by atoms with Crippen molar-refractivity contribution in [3.63, 3.8) is 0 Å². The number of rotatable bonds is 16. The second kappa shape index (κ2) is 17.5. The number of halogens is 2. The molecule has 5 aromatic rings. The predicted octanol–water partition coefficient (Wildman–Crippen LogP) is 4.70. The van der Waals surface area contributed by atoms with Crippen LogP contribution in [0.4, 0.5) is 19.3 Å². The lowest BCUT2D eigenvalue weighted by Crippen LogP contribution is -2.39. The fraction of sp³-hybridized carbons (Fsp3) is 0.324. The first kappa shape index (κ1) is 40.2. The second-order valence-corrected chi connectivity index (χ2v) is 15.6. The standard InChI is InChI=1S/C37H42F2N6O7S2/c1-6-40-36(47)41-25-12-10-24(11-13-25)33-29(22-42(2)18-19-43(3)54(5,49)50)32-34(46)45(26-14-16-27(17-15-26)52-21-20-51-4)37(48)44(35(32)53-33)23-28-30(38)8-7-9-31(28)39/h7-17H,6,18-23H2,1-5H3,(H2,40,41,47). The summed E-state index contributed by atoms with van der Waals surface area (Å²) >= 11 is 1.12. The van der Waals surface area contributed by atoms with Crippen LogP contribution in [0, 0.1) is 11.6 Å². The molecule has 2 N–H and O–H groups in total. The van der Waals surface area contributed by atoms with Gasteiger partial charge in [-0.05, 0) is 73.6 Å². The molecule has 0 aliphatic heterocycles. The zero-order valence-electron chi connectivity index (χ0n) is 30.5. The van der Waals surface area contributed by atoms with Crippen molar-refractivity contribution in [2.45, 2.75) is 20.0 Å². The first-order chi connectivity index (χ1) is 25.7. The molecule has 288 valence electrons. The third-order valence-corrected chi connectivity index (χ3v) is 11.3. The SMILES string of the molecule is CCNC(=O)Nc1ccc(-c2sc3c(c2CN(C)CCN(C)S(C)(=O)=O)c(=O)n(-c2ccc(OCCOC)cc2)c(=O)n3Cc2c(F)cccc2F)cc1. The van der Waals surface area contributed by atoms with Crippen LogP contribution in [0.1, 0.15) is 18.1 Å². The molecule has 0 unspecified atom stereocenters. The molecule has 2 amide bonds.